The summed E-state index contributed by atoms with van der Waals surface area (Å²) in [5.41, 5.74) is 5.49. The van der Waals surface area contributed by atoms with E-state index in [4.69, 9.17) is 18.0 Å². The van der Waals surface area contributed by atoms with Crippen molar-refractivity contribution in [1.29, 1.82) is 0 Å². The molecule has 0 amide bonds. The molecule has 0 aromatic carbocycles. The molecule has 1 aliphatic heterocycles. The number of piperazine rings is 1. The summed E-state index contributed by atoms with van der Waals surface area (Å²) in [6.45, 7) is 7.62. The summed E-state index contributed by atoms with van der Waals surface area (Å²) in [5, 5.41) is 0. The van der Waals surface area contributed by atoms with Crippen LogP contribution in [0.2, 0.25) is 0 Å². The maximum absolute atomic E-state index is 5.49. The molecule has 17 heavy (non-hydrogen) atoms. The van der Waals surface area contributed by atoms with Crippen molar-refractivity contribution in [2.45, 2.75) is 32.1 Å². The van der Waals surface area contributed by atoms with Gasteiger partial charge in [-0.3, -0.25) is 0 Å². The third-order valence-corrected chi connectivity index (χ3v) is 4.03. The number of hydrogen-bond acceptors (Lipinski definition) is 3. The van der Waals surface area contributed by atoms with Crippen molar-refractivity contribution >= 4 is 17.2 Å². The zero-order chi connectivity index (χ0) is 12.1. The molecule has 0 unspecified atom stereocenters. The van der Waals surface area contributed by atoms with Gasteiger partial charge in [-0.05, 0) is 44.6 Å². The van der Waals surface area contributed by atoms with Gasteiger partial charge in [0, 0.05) is 32.7 Å². The molecule has 1 saturated heterocycles. The largest absolute Gasteiger partial charge is 0.393 e. The highest BCUT2D eigenvalue weighted by molar-refractivity contribution is 7.80. The van der Waals surface area contributed by atoms with Gasteiger partial charge in [0.1, 0.15) is 0 Å². The van der Waals surface area contributed by atoms with Gasteiger partial charge in [-0.2, -0.15) is 0 Å². The Morgan fingerprint density at radius 2 is 1.71 bits per heavy atom. The van der Waals surface area contributed by atoms with Crippen molar-refractivity contribution in [3.63, 3.8) is 0 Å². The summed E-state index contributed by atoms with van der Waals surface area (Å²) in [6.07, 6.45) is 6.24. The molecule has 2 aliphatic rings. The summed E-state index contributed by atoms with van der Waals surface area (Å²) in [5.74, 6) is 1.03. The first-order valence-corrected chi connectivity index (χ1v) is 7.38. The SMILES string of the molecule is NC(=S)CCCCN1CCN(CC2CC2)CC1. The molecule has 1 aliphatic carbocycles. The fourth-order valence-corrected chi connectivity index (χ4v) is 2.64. The Kier molecular flexibility index (Phi) is 5.19. The van der Waals surface area contributed by atoms with Crippen LogP contribution in [0, 0.1) is 5.92 Å². The Morgan fingerprint density at radius 3 is 2.29 bits per heavy atom. The Morgan fingerprint density at radius 1 is 1.06 bits per heavy atom. The molecule has 4 heteroatoms. The summed E-state index contributed by atoms with van der Waals surface area (Å²) in [6, 6.07) is 0. The van der Waals surface area contributed by atoms with E-state index in [1.54, 1.807) is 0 Å². The standard InChI is InChI=1S/C13H25N3S/c14-13(17)3-1-2-6-15-7-9-16(10-8-15)11-12-4-5-12/h12H,1-11H2,(H2,14,17). The molecule has 1 saturated carbocycles. The predicted octanol–water partition coefficient (Wildman–Crippen LogP) is 1.47. The number of hydrogen-bond donors (Lipinski definition) is 1. The third kappa shape index (κ3) is 5.32. The highest BCUT2D eigenvalue weighted by atomic mass is 32.1. The fraction of sp³-hybridized carbons (Fsp3) is 0.923. The summed E-state index contributed by atoms with van der Waals surface area (Å²) >= 11 is 4.88. The van der Waals surface area contributed by atoms with E-state index in [0.29, 0.717) is 4.99 Å². The molecule has 0 spiro atoms. The summed E-state index contributed by atoms with van der Waals surface area (Å²) in [4.78, 5) is 5.89. The first-order chi connectivity index (χ1) is 8.24. The van der Waals surface area contributed by atoms with Crippen LogP contribution in [-0.4, -0.2) is 54.1 Å². The Balaban J connectivity index is 1.50. The second kappa shape index (κ2) is 6.66. The predicted molar refractivity (Wildman–Crippen MR) is 76.2 cm³/mol. The average Bonchev–Trinajstić information content (AvgIpc) is 3.10. The molecule has 0 bridgehead atoms. The minimum Gasteiger partial charge on any atom is -0.393 e. The molecule has 3 nitrogen and oxygen atoms in total. The lowest BCUT2D eigenvalue weighted by atomic mass is 10.2. The first-order valence-electron chi connectivity index (χ1n) is 6.97. The van der Waals surface area contributed by atoms with Gasteiger partial charge >= 0.3 is 0 Å². The van der Waals surface area contributed by atoms with E-state index in [0.717, 1.165) is 18.8 Å². The third-order valence-electron chi connectivity index (χ3n) is 3.83. The topological polar surface area (TPSA) is 32.5 Å². The van der Waals surface area contributed by atoms with Crippen LogP contribution in [0.1, 0.15) is 32.1 Å². The van der Waals surface area contributed by atoms with Gasteiger partial charge in [0.05, 0.1) is 4.99 Å². The lowest BCUT2D eigenvalue weighted by Gasteiger charge is -2.34. The van der Waals surface area contributed by atoms with E-state index < -0.39 is 0 Å². The van der Waals surface area contributed by atoms with Gasteiger partial charge in [0.2, 0.25) is 0 Å². The molecule has 98 valence electrons. The number of thiocarbonyl (C=S) groups is 1. The molecule has 2 rings (SSSR count). The zero-order valence-corrected chi connectivity index (χ0v) is 11.6. The van der Waals surface area contributed by atoms with Gasteiger partial charge in [0.25, 0.3) is 0 Å². The maximum atomic E-state index is 5.49. The number of nitrogens with two attached hydrogens (primary N) is 1. The van der Waals surface area contributed by atoms with Crippen LogP contribution in [0.25, 0.3) is 0 Å². The maximum Gasteiger partial charge on any atom is 0.0727 e. The smallest absolute Gasteiger partial charge is 0.0727 e. The van der Waals surface area contributed by atoms with Gasteiger partial charge < -0.3 is 15.5 Å². The number of rotatable bonds is 7. The van der Waals surface area contributed by atoms with E-state index in [1.165, 1.54) is 58.5 Å². The van der Waals surface area contributed by atoms with Crippen LogP contribution in [0.15, 0.2) is 0 Å². The fourth-order valence-electron chi connectivity index (χ4n) is 2.50. The minimum absolute atomic E-state index is 0.666. The molecule has 0 atom stereocenters. The molecule has 2 N–H and O–H groups in total. The van der Waals surface area contributed by atoms with E-state index in [1.807, 2.05) is 0 Å². The molecular weight excluding hydrogens is 230 g/mol. The van der Waals surface area contributed by atoms with Crippen molar-refractivity contribution in [2.75, 3.05) is 39.3 Å². The highest BCUT2D eigenvalue weighted by Crippen LogP contribution is 2.29. The van der Waals surface area contributed by atoms with Crippen LogP contribution >= 0.6 is 12.2 Å². The van der Waals surface area contributed by atoms with Crippen molar-refractivity contribution in [2.24, 2.45) is 11.7 Å². The van der Waals surface area contributed by atoms with Gasteiger partial charge in [-0.1, -0.05) is 12.2 Å². The lowest BCUT2D eigenvalue weighted by Crippen LogP contribution is -2.47. The molecule has 0 radical (unpaired) electrons. The van der Waals surface area contributed by atoms with Crippen LogP contribution in [-0.2, 0) is 0 Å². The quantitative estimate of drug-likeness (QED) is 0.551. The molecule has 1 heterocycles. The van der Waals surface area contributed by atoms with Crippen LogP contribution in [0.5, 0.6) is 0 Å². The van der Waals surface area contributed by atoms with Crippen LogP contribution < -0.4 is 5.73 Å². The van der Waals surface area contributed by atoms with Crippen molar-refractivity contribution < 1.29 is 0 Å². The van der Waals surface area contributed by atoms with Gasteiger partial charge in [0.15, 0.2) is 0 Å². The Bertz CT molecular complexity index is 245. The minimum atomic E-state index is 0.666. The summed E-state index contributed by atoms with van der Waals surface area (Å²) in [7, 11) is 0. The second-order valence-corrected chi connectivity index (χ2v) is 6.03. The van der Waals surface area contributed by atoms with E-state index in [9.17, 15) is 0 Å². The van der Waals surface area contributed by atoms with Crippen LogP contribution in [0.3, 0.4) is 0 Å². The van der Waals surface area contributed by atoms with E-state index >= 15 is 0 Å². The second-order valence-electron chi connectivity index (χ2n) is 5.51. The van der Waals surface area contributed by atoms with Crippen molar-refractivity contribution in [3.8, 4) is 0 Å². The van der Waals surface area contributed by atoms with Gasteiger partial charge in [-0.15, -0.1) is 0 Å². The van der Waals surface area contributed by atoms with Crippen LogP contribution in [0.4, 0.5) is 0 Å². The molecular formula is C13H25N3S. The van der Waals surface area contributed by atoms with Crippen molar-refractivity contribution in [3.05, 3.63) is 0 Å². The molecule has 2 fully saturated rings. The Hall–Kier alpha value is -0.190. The lowest BCUT2D eigenvalue weighted by molar-refractivity contribution is 0.127. The monoisotopic (exact) mass is 255 g/mol. The Labute approximate surface area is 110 Å². The van der Waals surface area contributed by atoms with E-state index in [2.05, 4.69) is 9.80 Å². The zero-order valence-electron chi connectivity index (χ0n) is 10.7. The first kappa shape index (κ1) is 13.2. The number of nitrogens with zero attached hydrogens (tertiary/aromatic N) is 2. The van der Waals surface area contributed by atoms with Crippen molar-refractivity contribution in [1.82, 2.24) is 9.80 Å². The summed E-state index contributed by atoms with van der Waals surface area (Å²) < 4.78 is 0. The van der Waals surface area contributed by atoms with E-state index in [-0.39, 0.29) is 0 Å². The highest BCUT2D eigenvalue weighted by Gasteiger charge is 2.26. The number of unbranched alkanes of at least 4 members (excludes halogenated alkanes) is 1. The molecule has 0 aromatic rings. The van der Waals surface area contributed by atoms with Gasteiger partial charge in [-0.25, -0.2) is 0 Å². The average molecular weight is 255 g/mol. The molecule has 0 aromatic heterocycles. The normalized spacial score (nSPS) is 22.8.